The quantitative estimate of drug-likeness (QED) is 0.469. The molecule has 0 atom stereocenters. The molecule has 0 aliphatic carbocycles. The van der Waals surface area contributed by atoms with E-state index in [0.717, 1.165) is 15.8 Å². The Morgan fingerprint density at radius 1 is 1.00 bits per heavy atom. The lowest BCUT2D eigenvalue weighted by molar-refractivity contribution is -0.116. The highest BCUT2D eigenvalue weighted by Crippen LogP contribution is 2.15. The van der Waals surface area contributed by atoms with E-state index in [1.165, 1.54) is 4.57 Å². The lowest BCUT2D eigenvalue weighted by Crippen LogP contribution is -2.43. The number of carbonyl (C=O) groups is 1. The maximum absolute atomic E-state index is 13.3. The number of aromatic nitrogens is 4. The van der Waals surface area contributed by atoms with Gasteiger partial charge in [-0.15, -0.1) is 0 Å². The van der Waals surface area contributed by atoms with Crippen LogP contribution >= 0.6 is 0 Å². The van der Waals surface area contributed by atoms with E-state index in [-0.39, 0.29) is 6.54 Å². The van der Waals surface area contributed by atoms with Gasteiger partial charge in [0.15, 0.2) is 11.2 Å². The summed E-state index contributed by atoms with van der Waals surface area (Å²) in [5.74, 6) is -0.458. The first kappa shape index (κ1) is 22.1. The normalized spacial score (nSPS) is 11.0. The van der Waals surface area contributed by atoms with Gasteiger partial charge in [-0.1, -0.05) is 30.3 Å². The Morgan fingerprint density at radius 2 is 1.70 bits per heavy atom. The molecule has 0 spiro atoms. The van der Waals surface area contributed by atoms with Gasteiger partial charge in [0, 0.05) is 32.0 Å². The van der Waals surface area contributed by atoms with Crippen molar-refractivity contribution in [1.29, 1.82) is 0 Å². The molecule has 0 aliphatic heterocycles. The molecule has 4 aromatic rings. The molecule has 0 saturated heterocycles. The van der Waals surface area contributed by atoms with E-state index in [2.05, 4.69) is 10.3 Å². The standard InChI is InChI=1S/C24H26N6O3/c1-4-28-16-25-22-21(28)23(32)30(24(33)29(22)14-17-8-6-5-7-9-17)15-20(31)26-18-10-12-19(13-11-18)27(2)3/h5-13,16H,4,14-15H2,1-3H3,(H,26,31). The highest BCUT2D eigenvalue weighted by atomic mass is 16.2. The third-order valence-corrected chi connectivity index (χ3v) is 5.48. The van der Waals surface area contributed by atoms with E-state index in [0.29, 0.717) is 23.4 Å². The van der Waals surface area contributed by atoms with Crippen molar-refractivity contribution in [2.45, 2.75) is 26.6 Å². The number of nitrogens with zero attached hydrogens (tertiary/aromatic N) is 5. The molecule has 0 saturated carbocycles. The number of nitrogens with one attached hydrogen (secondary N) is 1. The van der Waals surface area contributed by atoms with Gasteiger partial charge in [0.2, 0.25) is 5.91 Å². The monoisotopic (exact) mass is 446 g/mol. The van der Waals surface area contributed by atoms with Crippen molar-refractivity contribution in [2.75, 3.05) is 24.3 Å². The number of carbonyl (C=O) groups excluding carboxylic acids is 1. The average molecular weight is 447 g/mol. The average Bonchev–Trinajstić information content (AvgIpc) is 3.25. The molecule has 1 amide bonds. The zero-order chi connectivity index (χ0) is 23.5. The number of hydrogen-bond donors (Lipinski definition) is 1. The number of fused-ring (bicyclic) bond motifs is 1. The molecule has 9 nitrogen and oxygen atoms in total. The fraction of sp³-hybridized carbons (Fsp3) is 0.250. The predicted molar refractivity (Wildman–Crippen MR) is 129 cm³/mol. The number of benzene rings is 2. The van der Waals surface area contributed by atoms with Crippen molar-refractivity contribution in [2.24, 2.45) is 0 Å². The lowest BCUT2D eigenvalue weighted by atomic mass is 10.2. The van der Waals surface area contributed by atoms with Gasteiger partial charge in [0.05, 0.1) is 12.9 Å². The molecule has 170 valence electrons. The summed E-state index contributed by atoms with van der Waals surface area (Å²) in [5, 5.41) is 2.76. The second kappa shape index (κ2) is 9.15. The van der Waals surface area contributed by atoms with Gasteiger partial charge < -0.3 is 14.8 Å². The van der Waals surface area contributed by atoms with Crippen molar-refractivity contribution in [3.8, 4) is 0 Å². The van der Waals surface area contributed by atoms with Gasteiger partial charge in [-0.2, -0.15) is 0 Å². The van der Waals surface area contributed by atoms with Gasteiger partial charge in [0.25, 0.3) is 5.56 Å². The third-order valence-electron chi connectivity index (χ3n) is 5.48. The van der Waals surface area contributed by atoms with Crippen LogP contribution in [0.1, 0.15) is 12.5 Å². The minimum Gasteiger partial charge on any atom is -0.378 e. The molecule has 1 N–H and O–H groups in total. The highest BCUT2D eigenvalue weighted by molar-refractivity contribution is 5.90. The van der Waals surface area contributed by atoms with Gasteiger partial charge in [-0.3, -0.25) is 14.2 Å². The summed E-state index contributed by atoms with van der Waals surface area (Å²) in [7, 11) is 3.86. The van der Waals surface area contributed by atoms with Crippen LogP contribution in [0.5, 0.6) is 0 Å². The van der Waals surface area contributed by atoms with Crippen LogP contribution in [-0.2, 0) is 24.4 Å². The van der Waals surface area contributed by atoms with Crippen LogP contribution in [0.4, 0.5) is 11.4 Å². The Balaban J connectivity index is 1.71. The SMILES string of the molecule is CCn1cnc2c1c(=O)n(CC(=O)Nc1ccc(N(C)C)cc1)c(=O)n2Cc1ccccc1. The minimum atomic E-state index is -0.573. The summed E-state index contributed by atoms with van der Waals surface area (Å²) in [6.45, 7) is 2.25. The summed E-state index contributed by atoms with van der Waals surface area (Å²) in [6.07, 6.45) is 1.55. The maximum Gasteiger partial charge on any atom is 0.333 e. The van der Waals surface area contributed by atoms with E-state index in [9.17, 15) is 14.4 Å². The molecule has 0 unspecified atom stereocenters. The van der Waals surface area contributed by atoms with Crippen molar-refractivity contribution in [3.05, 3.63) is 87.3 Å². The maximum atomic E-state index is 13.3. The minimum absolute atomic E-state index is 0.241. The number of rotatable bonds is 7. The largest absolute Gasteiger partial charge is 0.378 e. The molecule has 0 aliphatic rings. The molecular formula is C24H26N6O3. The molecule has 0 fully saturated rings. The first-order valence-corrected chi connectivity index (χ1v) is 10.7. The molecule has 2 heterocycles. The number of aryl methyl sites for hydroxylation is 1. The van der Waals surface area contributed by atoms with E-state index in [1.54, 1.807) is 23.0 Å². The molecule has 2 aromatic heterocycles. The molecular weight excluding hydrogens is 420 g/mol. The Bertz CT molecular complexity index is 1400. The molecule has 2 aromatic carbocycles. The van der Waals surface area contributed by atoms with Crippen LogP contribution in [0.25, 0.3) is 11.2 Å². The zero-order valence-corrected chi connectivity index (χ0v) is 18.9. The van der Waals surface area contributed by atoms with Crippen LogP contribution in [-0.4, -0.2) is 38.7 Å². The Kier molecular flexibility index (Phi) is 6.12. The fourth-order valence-corrected chi connectivity index (χ4v) is 3.71. The molecule has 0 bridgehead atoms. The van der Waals surface area contributed by atoms with Gasteiger partial charge >= 0.3 is 5.69 Å². The van der Waals surface area contributed by atoms with Crippen LogP contribution in [0, 0.1) is 0 Å². The van der Waals surface area contributed by atoms with Crippen molar-refractivity contribution in [1.82, 2.24) is 18.7 Å². The first-order chi connectivity index (χ1) is 15.9. The Labute approximate surface area is 190 Å². The van der Waals surface area contributed by atoms with E-state index in [1.807, 2.05) is 68.4 Å². The zero-order valence-electron chi connectivity index (χ0n) is 18.9. The van der Waals surface area contributed by atoms with E-state index < -0.39 is 23.7 Å². The third kappa shape index (κ3) is 4.43. The molecule has 4 rings (SSSR count). The highest BCUT2D eigenvalue weighted by Gasteiger charge is 2.19. The topological polar surface area (TPSA) is 94.2 Å². The van der Waals surface area contributed by atoms with Gasteiger partial charge in [0.1, 0.15) is 6.54 Å². The van der Waals surface area contributed by atoms with Crippen LogP contribution in [0.3, 0.4) is 0 Å². The van der Waals surface area contributed by atoms with E-state index in [4.69, 9.17) is 0 Å². The summed E-state index contributed by atoms with van der Waals surface area (Å²) in [4.78, 5) is 45.5. The number of amides is 1. The second-order valence-electron chi connectivity index (χ2n) is 7.94. The number of anilines is 2. The Hall–Kier alpha value is -4.14. The number of imidazole rings is 1. The van der Waals surface area contributed by atoms with Crippen molar-refractivity contribution < 1.29 is 4.79 Å². The lowest BCUT2D eigenvalue weighted by Gasteiger charge is -2.14. The smallest absolute Gasteiger partial charge is 0.333 e. The van der Waals surface area contributed by atoms with E-state index >= 15 is 0 Å². The van der Waals surface area contributed by atoms with Gasteiger partial charge in [-0.25, -0.2) is 14.3 Å². The van der Waals surface area contributed by atoms with Crippen LogP contribution in [0.15, 0.2) is 70.5 Å². The van der Waals surface area contributed by atoms with Crippen LogP contribution in [0.2, 0.25) is 0 Å². The first-order valence-electron chi connectivity index (χ1n) is 10.7. The van der Waals surface area contributed by atoms with Crippen molar-refractivity contribution >= 4 is 28.4 Å². The fourth-order valence-electron chi connectivity index (χ4n) is 3.71. The second-order valence-corrected chi connectivity index (χ2v) is 7.94. The summed E-state index contributed by atoms with van der Waals surface area (Å²) in [6, 6.07) is 16.8. The van der Waals surface area contributed by atoms with Crippen LogP contribution < -0.4 is 21.5 Å². The summed E-state index contributed by atoms with van der Waals surface area (Å²) in [5.41, 5.74) is 1.98. The number of hydrogen-bond acceptors (Lipinski definition) is 5. The van der Waals surface area contributed by atoms with Gasteiger partial charge in [-0.05, 0) is 36.8 Å². The predicted octanol–water partition coefficient (Wildman–Crippen LogP) is 2.13. The Morgan fingerprint density at radius 3 is 2.33 bits per heavy atom. The molecule has 0 radical (unpaired) electrons. The molecule has 33 heavy (non-hydrogen) atoms. The molecule has 9 heteroatoms. The van der Waals surface area contributed by atoms with Crippen molar-refractivity contribution in [3.63, 3.8) is 0 Å². The summed E-state index contributed by atoms with van der Waals surface area (Å²) >= 11 is 0. The summed E-state index contributed by atoms with van der Waals surface area (Å²) < 4.78 is 4.10.